The zero-order chi connectivity index (χ0) is 24.4. The molecule has 0 bridgehead atoms. The Hall–Kier alpha value is -4.39. The van der Waals surface area contributed by atoms with E-state index < -0.39 is 6.16 Å². The Bertz CT molecular complexity index is 1500. The van der Waals surface area contributed by atoms with Crippen LogP contribution in [0.15, 0.2) is 72.9 Å². The van der Waals surface area contributed by atoms with Crippen LogP contribution in [0, 0.1) is 6.92 Å². The van der Waals surface area contributed by atoms with Crippen molar-refractivity contribution < 1.29 is 14.6 Å². The zero-order valence-corrected chi connectivity index (χ0v) is 19.7. The Kier molecular flexibility index (Phi) is 6.06. The van der Waals surface area contributed by atoms with Gasteiger partial charge in [-0.1, -0.05) is 49.4 Å². The number of aromatic nitrogens is 4. The fourth-order valence-corrected chi connectivity index (χ4v) is 4.33. The number of carboxylic acid groups (broad SMARTS) is 1. The molecule has 3 aromatic carbocycles. The summed E-state index contributed by atoms with van der Waals surface area (Å²) in [5, 5.41) is 9.04. The zero-order valence-electron chi connectivity index (χ0n) is 19.7. The average Bonchev–Trinajstić information content (AvgIpc) is 3.43. The predicted molar refractivity (Wildman–Crippen MR) is 136 cm³/mol. The first-order valence-electron chi connectivity index (χ1n) is 11.6. The second-order valence-electron chi connectivity index (χ2n) is 8.54. The molecule has 0 fully saturated rings. The highest BCUT2D eigenvalue weighted by Crippen LogP contribution is 2.31. The lowest BCUT2D eigenvalue weighted by molar-refractivity contribution is 0.144. The van der Waals surface area contributed by atoms with E-state index in [4.69, 9.17) is 14.8 Å². The summed E-state index contributed by atoms with van der Waals surface area (Å²) in [6.07, 6.45) is 2.41. The third kappa shape index (κ3) is 4.66. The molecular weight excluding hydrogens is 440 g/mol. The van der Waals surface area contributed by atoms with Crippen LogP contribution in [-0.2, 0) is 13.0 Å². The number of carbonyl (C=O) groups is 1. The lowest BCUT2D eigenvalue weighted by atomic mass is 10.0. The minimum atomic E-state index is -1.33. The number of benzene rings is 3. The Balaban J connectivity index is 1.49. The van der Waals surface area contributed by atoms with Gasteiger partial charge in [0.05, 0.1) is 11.0 Å². The fraction of sp³-hybridized carbons (Fsp3) is 0.179. The predicted octanol–water partition coefficient (Wildman–Crippen LogP) is 6.46. The van der Waals surface area contributed by atoms with E-state index in [2.05, 4.69) is 51.8 Å². The quantitative estimate of drug-likeness (QED) is 0.212. The van der Waals surface area contributed by atoms with Crippen molar-refractivity contribution in [2.24, 2.45) is 0 Å². The number of rotatable bonds is 7. The second-order valence-corrected chi connectivity index (χ2v) is 8.54. The Morgan fingerprint density at radius 2 is 1.83 bits per heavy atom. The van der Waals surface area contributed by atoms with E-state index in [0.29, 0.717) is 12.3 Å². The topological polar surface area (TPSA) is 93.0 Å². The van der Waals surface area contributed by atoms with E-state index >= 15 is 0 Å². The number of ether oxygens (including phenoxy) is 1. The van der Waals surface area contributed by atoms with Crippen LogP contribution in [-0.4, -0.2) is 30.8 Å². The summed E-state index contributed by atoms with van der Waals surface area (Å²) >= 11 is 0. The first-order valence-corrected chi connectivity index (χ1v) is 11.6. The molecule has 0 saturated heterocycles. The maximum atomic E-state index is 11.1. The van der Waals surface area contributed by atoms with Crippen LogP contribution in [0.3, 0.4) is 0 Å². The summed E-state index contributed by atoms with van der Waals surface area (Å²) in [4.78, 5) is 23.7. The summed E-state index contributed by atoms with van der Waals surface area (Å²) in [6, 6.07) is 21.5. The van der Waals surface area contributed by atoms with Crippen molar-refractivity contribution in [3.63, 3.8) is 0 Å². The molecular formula is C28H26N4O3. The van der Waals surface area contributed by atoms with Gasteiger partial charge in [-0.25, -0.2) is 14.8 Å². The van der Waals surface area contributed by atoms with E-state index in [1.54, 1.807) is 12.1 Å². The Morgan fingerprint density at radius 1 is 1.06 bits per heavy atom. The molecule has 0 atom stereocenters. The number of nitrogens with zero attached hydrogens (tertiary/aromatic N) is 3. The van der Waals surface area contributed by atoms with Crippen molar-refractivity contribution >= 4 is 17.2 Å². The molecule has 2 aromatic heterocycles. The maximum absolute atomic E-state index is 11.1. The van der Waals surface area contributed by atoms with E-state index in [1.165, 1.54) is 0 Å². The SMILES string of the molecule is CCCc1nc2ccc(-c3ncc(C)[nH]3)cc2n1Cc1ccc(-c2ccccc2OC(=O)O)cc1. The maximum Gasteiger partial charge on any atom is 0.511 e. The van der Waals surface area contributed by atoms with Crippen LogP contribution in [0.2, 0.25) is 0 Å². The number of para-hydroxylation sites is 1. The van der Waals surface area contributed by atoms with Crippen molar-refractivity contribution in [3.05, 3.63) is 90.0 Å². The van der Waals surface area contributed by atoms with Gasteiger partial charge in [0.2, 0.25) is 0 Å². The lowest BCUT2D eigenvalue weighted by Crippen LogP contribution is -2.05. The number of H-pyrrole nitrogens is 1. The van der Waals surface area contributed by atoms with Gasteiger partial charge in [-0.15, -0.1) is 0 Å². The number of fused-ring (bicyclic) bond motifs is 1. The molecule has 0 unspecified atom stereocenters. The molecule has 7 nitrogen and oxygen atoms in total. The van der Waals surface area contributed by atoms with Crippen LogP contribution in [0.1, 0.15) is 30.4 Å². The number of nitrogens with one attached hydrogen (secondary N) is 1. The highest BCUT2D eigenvalue weighted by Gasteiger charge is 2.14. The van der Waals surface area contributed by atoms with E-state index in [9.17, 15) is 4.79 Å². The third-order valence-corrected chi connectivity index (χ3v) is 5.97. The molecule has 0 spiro atoms. The van der Waals surface area contributed by atoms with Crippen LogP contribution in [0.4, 0.5) is 4.79 Å². The summed E-state index contributed by atoms with van der Waals surface area (Å²) in [7, 11) is 0. The fourth-order valence-electron chi connectivity index (χ4n) is 4.33. The second kappa shape index (κ2) is 9.46. The van der Waals surface area contributed by atoms with Crippen molar-refractivity contribution in [1.82, 2.24) is 19.5 Å². The minimum Gasteiger partial charge on any atom is -0.449 e. The Labute approximate surface area is 203 Å². The van der Waals surface area contributed by atoms with Gasteiger partial charge in [0, 0.05) is 36.0 Å². The average molecular weight is 467 g/mol. The molecule has 0 aliphatic carbocycles. The molecule has 0 radical (unpaired) electrons. The van der Waals surface area contributed by atoms with Crippen molar-refractivity contribution in [2.45, 2.75) is 33.2 Å². The largest absolute Gasteiger partial charge is 0.511 e. The van der Waals surface area contributed by atoms with Crippen LogP contribution >= 0.6 is 0 Å². The molecule has 0 saturated carbocycles. The molecule has 35 heavy (non-hydrogen) atoms. The normalized spacial score (nSPS) is 11.1. The molecule has 0 amide bonds. The molecule has 5 aromatic rings. The Morgan fingerprint density at radius 3 is 2.54 bits per heavy atom. The van der Waals surface area contributed by atoms with E-state index in [1.807, 2.05) is 37.4 Å². The van der Waals surface area contributed by atoms with Gasteiger partial charge >= 0.3 is 6.16 Å². The summed E-state index contributed by atoms with van der Waals surface area (Å²) in [5.74, 6) is 2.22. The molecule has 0 aliphatic heterocycles. The smallest absolute Gasteiger partial charge is 0.449 e. The number of aromatic amines is 1. The van der Waals surface area contributed by atoms with Gasteiger partial charge in [-0.2, -0.15) is 0 Å². The number of aryl methyl sites for hydroxylation is 2. The van der Waals surface area contributed by atoms with Gasteiger partial charge < -0.3 is 19.4 Å². The van der Waals surface area contributed by atoms with E-state index in [0.717, 1.165) is 63.5 Å². The molecule has 2 N–H and O–H groups in total. The highest BCUT2D eigenvalue weighted by molar-refractivity contribution is 5.81. The van der Waals surface area contributed by atoms with Gasteiger partial charge in [-0.3, -0.25) is 0 Å². The molecule has 2 heterocycles. The lowest BCUT2D eigenvalue weighted by Gasteiger charge is -2.12. The van der Waals surface area contributed by atoms with Crippen molar-refractivity contribution in [3.8, 4) is 28.3 Å². The summed E-state index contributed by atoms with van der Waals surface area (Å²) < 4.78 is 7.22. The van der Waals surface area contributed by atoms with Crippen molar-refractivity contribution in [1.29, 1.82) is 0 Å². The van der Waals surface area contributed by atoms with E-state index in [-0.39, 0.29) is 0 Å². The van der Waals surface area contributed by atoms with Crippen LogP contribution in [0.5, 0.6) is 5.75 Å². The monoisotopic (exact) mass is 466 g/mol. The van der Waals surface area contributed by atoms with Gasteiger partial charge in [-0.05, 0) is 48.7 Å². The third-order valence-electron chi connectivity index (χ3n) is 5.97. The van der Waals surface area contributed by atoms with Gasteiger partial charge in [0.15, 0.2) is 0 Å². The molecule has 5 rings (SSSR count). The summed E-state index contributed by atoms with van der Waals surface area (Å²) in [6.45, 7) is 4.83. The standard InChI is InChI=1S/C28H26N4O3/c1-3-6-26-31-23-14-13-21(27-29-16-18(2)30-27)15-24(23)32(26)17-19-9-11-20(12-10-19)22-7-4-5-8-25(22)35-28(33)34/h4-5,7-16H,3,6,17H2,1-2H3,(H,29,30)(H,33,34). The number of imidazole rings is 2. The van der Waals surface area contributed by atoms with Crippen molar-refractivity contribution in [2.75, 3.05) is 0 Å². The molecule has 0 aliphatic rings. The minimum absolute atomic E-state index is 0.319. The first-order chi connectivity index (χ1) is 17.0. The summed E-state index contributed by atoms with van der Waals surface area (Å²) in [5.41, 5.74) is 6.85. The molecule has 176 valence electrons. The highest BCUT2D eigenvalue weighted by atomic mass is 16.7. The number of hydrogen-bond acceptors (Lipinski definition) is 4. The van der Waals surface area contributed by atoms with Gasteiger partial charge in [0.1, 0.15) is 17.4 Å². The van der Waals surface area contributed by atoms with Crippen LogP contribution < -0.4 is 4.74 Å². The van der Waals surface area contributed by atoms with Crippen LogP contribution in [0.25, 0.3) is 33.5 Å². The van der Waals surface area contributed by atoms with Gasteiger partial charge in [0.25, 0.3) is 0 Å². The number of hydrogen-bond donors (Lipinski definition) is 2. The molecule has 7 heteroatoms. The first kappa shape index (κ1) is 22.4.